The lowest BCUT2D eigenvalue weighted by molar-refractivity contribution is 0.102. The highest BCUT2D eigenvalue weighted by molar-refractivity contribution is 7.92. The number of piperidine rings is 1. The SMILES string of the molecule is COc1ccc(C)cc1NS(=O)(=O)c1ccc(NC(=O)c2cc(S(=O)(=O)N3CCC(C)CC3)ccc2C)cc1. The molecule has 3 aromatic rings. The summed E-state index contributed by atoms with van der Waals surface area (Å²) in [7, 11) is -6.17. The van der Waals surface area contributed by atoms with E-state index >= 15 is 0 Å². The number of anilines is 2. The van der Waals surface area contributed by atoms with Crippen LogP contribution in [0.3, 0.4) is 0 Å². The molecule has 1 heterocycles. The highest BCUT2D eigenvalue weighted by atomic mass is 32.2. The van der Waals surface area contributed by atoms with Crippen molar-refractivity contribution in [3.05, 3.63) is 77.4 Å². The first-order chi connectivity index (χ1) is 18.4. The molecular formula is C28H33N3O6S2. The fourth-order valence-corrected chi connectivity index (χ4v) is 6.96. The van der Waals surface area contributed by atoms with Gasteiger partial charge in [0.15, 0.2) is 0 Å². The second-order valence-corrected chi connectivity index (χ2v) is 13.5. The van der Waals surface area contributed by atoms with Gasteiger partial charge in [0, 0.05) is 24.3 Å². The van der Waals surface area contributed by atoms with E-state index < -0.39 is 26.0 Å². The van der Waals surface area contributed by atoms with Gasteiger partial charge in [-0.1, -0.05) is 19.1 Å². The van der Waals surface area contributed by atoms with E-state index in [9.17, 15) is 21.6 Å². The van der Waals surface area contributed by atoms with Gasteiger partial charge >= 0.3 is 0 Å². The summed E-state index contributed by atoms with van der Waals surface area (Å²) in [6.07, 6.45) is 1.61. The first kappa shape index (κ1) is 28.6. The molecule has 0 bridgehead atoms. The third-order valence-electron chi connectivity index (χ3n) is 6.86. The Morgan fingerprint density at radius 3 is 2.18 bits per heavy atom. The Kier molecular flexibility index (Phi) is 8.34. The Bertz CT molecular complexity index is 1580. The topological polar surface area (TPSA) is 122 Å². The number of nitrogens with zero attached hydrogens (tertiary/aromatic N) is 1. The first-order valence-corrected chi connectivity index (χ1v) is 15.5. The first-order valence-electron chi connectivity index (χ1n) is 12.6. The summed E-state index contributed by atoms with van der Waals surface area (Å²) in [5.74, 6) is 0.385. The molecule has 11 heteroatoms. The average Bonchev–Trinajstić information content (AvgIpc) is 2.89. The van der Waals surface area contributed by atoms with Gasteiger partial charge in [0.05, 0.1) is 22.6 Å². The molecule has 1 aliphatic heterocycles. The highest BCUT2D eigenvalue weighted by Crippen LogP contribution is 2.29. The second-order valence-electron chi connectivity index (χ2n) is 9.85. The van der Waals surface area contributed by atoms with E-state index in [-0.39, 0.29) is 15.4 Å². The van der Waals surface area contributed by atoms with Crippen molar-refractivity contribution in [2.45, 2.75) is 43.4 Å². The van der Waals surface area contributed by atoms with Crippen molar-refractivity contribution in [1.29, 1.82) is 0 Å². The molecule has 1 amide bonds. The summed E-state index contributed by atoms with van der Waals surface area (Å²) in [5.41, 5.74) is 2.40. The molecule has 0 radical (unpaired) electrons. The number of carbonyl (C=O) groups is 1. The fraction of sp³-hybridized carbons (Fsp3) is 0.321. The van der Waals surface area contributed by atoms with Crippen molar-refractivity contribution in [2.24, 2.45) is 5.92 Å². The fourth-order valence-electron chi connectivity index (χ4n) is 4.40. The van der Waals surface area contributed by atoms with Crippen molar-refractivity contribution in [3.8, 4) is 5.75 Å². The van der Waals surface area contributed by atoms with Crippen LogP contribution in [0.5, 0.6) is 5.75 Å². The Morgan fingerprint density at radius 2 is 1.54 bits per heavy atom. The number of methoxy groups -OCH3 is 1. The van der Waals surface area contributed by atoms with Gasteiger partial charge in [-0.05, 0) is 92.3 Å². The molecule has 4 rings (SSSR count). The van der Waals surface area contributed by atoms with Gasteiger partial charge in [-0.3, -0.25) is 9.52 Å². The zero-order chi connectivity index (χ0) is 28.4. The number of hydrogen-bond acceptors (Lipinski definition) is 6. The molecular weight excluding hydrogens is 538 g/mol. The van der Waals surface area contributed by atoms with Crippen LogP contribution in [0.25, 0.3) is 0 Å². The Morgan fingerprint density at radius 1 is 0.897 bits per heavy atom. The molecule has 0 spiro atoms. The van der Waals surface area contributed by atoms with Crippen molar-refractivity contribution in [1.82, 2.24) is 4.31 Å². The number of carbonyl (C=O) groups excluding carboxylic acids is 1. The van der Waals surface area contributed by atoms with E-state index in [2.05, 4.69) is 17.0 Å². The van der Waals surface area contributed by atoms with Crippen LogP contribution in [-0.4, -0.2) is 47.2 Å². The van der Waals surface area contributed by atoms with Gasteiger partial charge in [-0.2, -0.15) is 4.31 Å². The van der Waals surface area contributed by atoms with Gasteiger partial charge in [0.1, 0.15) is 5.75 Å². The molecule has 0 aliphatic carbocycles. The Labute approximate surface area is 230 Å². The van der Waals surface area contributed by atoms with Crippen molar-refractivity contribution in [2.75, 3.05) is 30.2 Å². The summed E-state index contributed by atoms with van der Waals surface area (Å²) in [5, 5.41) is 2.73. The van der Waals surface area contributed by atoms with Crippen LogP contribution < -0.4 is 14.8 Å². The normalized spacial score (nSPS) is 15.1. The molecule has 2 N–H and O–H groups in total. The number of sulfonamides is 2. The highest BCUT2D eigenvalue weighted by Gasteiger charge is 2.29. The number of aryl methyl sites for hydroxylation is 2. The van der Waals surface area contributed by atoms with Gasteiger partial charge in [0.2, 0.25) is 10.0 Å². The van der Waals surface area contributed by atoms with Crippen LogP contribution in [-0.2, 0) is 20.0 Å². The molecule has 3 aromatic carbocycles. The van der Waals surface area contributed by atoms with Crippen molar-refractivity contribution < 1.29 is 26.4 Å². The van der Waals surface area contributed by atoms with Crippen LogP contribution in [0.2, 0.25) is 0 Å². The molecule has 1 fully saturated rings. The minimum absolute atomic E-state index is 0.00387. The Balaban J connectivity index is 1.50. The second kappa shape index (κ2) is 11.4. The predicted molar refractivity (Wildman–Crippen MR) is 151 cm³/mol. The minimum atomic E-state index is -3.92. The molecule has 0 unspecified atom stereocenters. The van der Waals surface area contributed by atoms with E-state index in [1.807, 2.05) is 13.0 Å². The van der Waals surface area contributed by atoms with E-state index in [4.69, 9.17) is 4.74 Å². The number of nitrogens with one attached hydrogen (secondary N) is 2. The molecule has 1 aliphatic rings. The van der Waals surface area contributed by atoms with Gasteiger partial charge < -0.3 is 10.1 Å². The average molecular weight is 572 g/mol. The maximum atomic E-state index is 13.2. The predicted octanol–water partition coefficient (Wildman–Crippen LogP) is 4.79. The number of rotatable bonds is 8. The van der Waals surface area contributed by atoms with E-state index in [1.54, 1.807) is 25.1 Å². The third-order valence-corrected chi connectivity index (χ3v) is 10.1. The van der Waals surface area contributed by atoms with Crippen LogP contribution in [0.1, 0.15) is 41.3 Å². The lowest BCUT2D eigenvalue weighted by Gasteiger charge is -2.29. The molecule has 0 atom stereocenters. The number of benzene rings is 3. The molecule has 1 saturated heterocycles. The summed E-state index contributed by atoms with van der Waals surface area (Å²) in [6.45, 7) is 6.60. The summed E-state index contributed by atoms with van der Waals surface area (Å²) < 4.78 is 61.5. The quantitative estimate of drug-likeness (QED) is 0.401. The van der Waals surface area contributed by atoms with E-state index in [1.165, 1.54) is 47.8 Å². The van der Waals surface area contributed by atoms with Crippen LogP contribution in [0, 0.1) is 19.8 Å². The lowest BCUT2D eigenvalue weighted by Crippen LogP contribution is -2.38. The number of amides is 1. The van der Waals surface area contributed by atoms with Crippen molar-refractivity contribution in [3.63, 3.8) is 0 Å². The molecule has 0 aromatic heterocycles. The van der Waals surface area contributed by atoms with Crippen LogP contribution in [0.4, 0.5) is 11.4 Å². The largest absolute Gasteiger partial charge is 0.495 e. The van der Waals surface area contributed by atoms with Crippen molar-refractivity contribution >= 4 is 37.3 Å². The molecule has 9 nitrogen and oxygen atoms in total. The summed E-state index contributed by atoms with van der Waals surface area (Å²) >= 11 is 0. The standard InChI is InChI=1S/C28H33N3O6S2/c1-19-13-15-31(16-14-19)39(35,36)24-9-6-21(3)25(18-24)28(32)29-22-7-10-23(11-8-22)38(33,34)30-26-17-20(2)5-12-27(26)37-4/h5-12,17-19,30H,13-16H2,1-4H3,(H,29,32). The lowest BCUT2D eigenvalue weighted by atomic mass is 10.0. The maximum Gasteiger partial charge on any atom is 0.262 e. The molecule has 208 valence electrons. The van der Waals surface area contributed by atoms with Crippen LogP contribution in [0.15, 0.2) is 70.5 Å². The summed E-state index contributed by atoms with van der Waals surface area (Å²) in [6, 6.07) is 15.4. The van der Waals surface area contributed by atoms with E-state index in [0.29, 0.717) is 41.7 Å². The third kappa shape index (κ3) is 6.43. The van der Waals surface area contributed by atoms with E-state index in [0.717, 1.165) is 18.4 Å². The monoisotopic (exact) mass is 571 g/mol. The minimum Gasteiger partial charge on any atom is -0.495 e. The maximum absolute atomic E-state index is 13.2. The van der Waals surface area contributed by atoms with Gasteiger partial charge in [-0.25, -0.2) is 16.8 Å². The van der Waals surface area contributed by atoms with Crippen LogP contribution >= 0.6 is 0 Å². The number of hydrogen-bond donors (Lipinski definition) is 2. The van der Waals surface area contributed by atoms with Gasteiger partial charge in [0.25, 0.3) is 15.9 Å². The zero-order valence-electron chi connectivity index (χ0n) is 22.4. The smallest absolute Gasteiger partial charge is 0.262 e. The zero-order valence-corrected chi connectivity index (χ0v) is 24.0. The molecule has 0 saturated carbocycles. The number of ether oxygens (including phenoxy) is 1. The van der Waals surface area contributed by atoms with Gasteiger partial charge in [-0.15, -0.1) is 0 Å². The Hall–Kier alpha value is -3.41. The molecule has 39 heavy (non-hydrogen) atoms. The summed E-state index contributed by atoms with van der Waals surface area (Å²) in [4.78, 5) is 13.2.